The first-order valence-corrected chi connectivity index (χ1v) is 8.57. The molecule has 1 saturated carbocycles. The Morgan fingerprint density at radius 3 is 2.33 bits per heavy atom. The Labute approximate surface area is 143 Å². The van der Waals surface area contributed by atoms with E-state index in [2.05, 4.69) is 20.8 Å². The van der Waals surface area contributed by atoms with Gasteiger partial charge in [-0.15, -0.1) is 0 Å². The van der Waals surface area contributed by atoms with Crippen molar-refractivity contribution in [3.63, 3.8) is 0 Å². The molecule has 2 rings (SSSR count). The molecular weight excluding hydrogens is 306 g/mol. The van der Waals surface area contributed by atoms with Crippen LogP contribution in [-0.4, -0.2) is 24.6 Å². The zero-order chi connectivity index (χ0) is 17.9. The Balaban J connectivity index is 2.17. The van der Waals surface area contributed by atoms with E-state index >= 15 is 0 Å². The van der Waals surface area contributed by atoms with Gasteiger partial charge in [0.15, 0.2) is 6.61 Å². The van der Waals surface area contributed by atoms with Crippen LogP contribution in [0.4, 0.5) is 0 Å². The Morgan fingerprint density at radius 2 is 1.79 bits per heavy atom. The van der Waals surface area contributed by atoms with Crippen LogP contribution in [0.15, 0.2) is 18.2 Å². The van der Waals surface area contributed by atoms with Crippen molar-refractivity contribution < 1.29 is 19.1 Å². The van der Waals surface area contributed by atoms with Crippen molar-refractivity contribution in [2.24, 2.45) is 11.7 Å². The Morgan fingerprint density at radius 1 is 1.17 bits per heavy atom. The van der Waals surface area contributed by atoms with E-state index < -0.39 is 24.6 Å². The van der Waals surface area contributed by atoms with Crippen LogP contribution in [-0.2, 0) is 14.3 Å². The van der Waals surface area contributed by atoms with Crippen molar-refractivity contribution in [2.75, 3.05) is 6.61 Å². The zero-order valence-electron chi connectivity index (χ0n) is 14.9. The topological polar surface area (TPSA) is 78.6 Å². The summed E-state index contributed by atoms with van der Waals surface area (Å²) in [5, 5.41) is 0. The monoisotopic (exact) mass is 333 g/mol. The SMILES string of the molecule is CC(C)c1cccc([C@H](C)C2CC2)c1OC(=O)COC(=O)[C@H](C)N. The van der Waals surface area contributed by atoms with E-state index in [-0.39, 0.29) is 5.92 Å². The Kier molecular flexibility index (Phi) is 5.99. The molecule has 1 aliphatic carbocycles. The summed E-state index contributed by atoms with van der Waals surface area (Å²) in [6.45, 7) is 7.38. The fraction of sp³-hybridized carbons (Fsp3) is 0.579. The van der Waals surface area contributed by atoms with E-state index in [1.54, 1.807) is 0 Å². The second-order valence-electron chi connectivity index (χ2n) is 6.92. The van der Waals surface area contributed by atoms with Gasteiger partial charge in [-0.3, -0.25) is 4.79 Å². The third kappa shape index (κ3) is 4.57. The van der Waals surface area contributed by atoms with Gasteiger partial charge in [0.1, 0.15) is 11.8 Å². The lowest BCUT2D eigenvalue weighted by Gasteiger charge is -2.20. The molecule has 5 heteroatoms. The van der Waals surface area contributed by atoms with Crippen molar-refractivity contribution in [2.45, 2.75) is 58.4 Å². The van der Waals surface area contributed by atoms with E-state index in [1.807, 2.05) is 18.2 Å². The maximum atomic E-state index is 12.1. The molecule has 132 valence electrons. The lowest BCUT2D eigenvalue weighted by molar-refractivity contribution is -0.154. The number of benzene rings is 1. The zero-order valence-corrected chi connectivity index (χ0v) is 14.9. The van der Waals surface area contributed by atoms with Gasteiger partial charge in [0, 0.05) is 0 Å². The number of carbonyl (C=O) groups is 2. The first-order chi connectivity index (χ1) is 11.3. The highest BCUT2D eigenvalue weighted by atomic mass is 16.6. The number of nitrogens with two attached hydrogens (primary N) is 1. The van der Waals surface area contributed by atoms with Crippen LogP contribution in [0, 0.1) is 5.92 Å². The van der Waals surface area contributed by atoms with Crippen molar-refractivity contribution in [1.82, 2.24) is 0 Å². The summed E-state index contributed by atoms with van der Waals surface area (Å²) < 4.78 is 10.5. The van der Waals surface area contributed by atoms with Crippen molar-refractivity contribution in [3.05, 3.63) is 29.3 Å². The fourth-order valence-electron chi connectivity index (χ4n) is 2.76. The van der Waals surface area contributed by atoms with E-state index in [4.69, 9.17) is 15.2 Å². The van der Waals surface area contributed by atoms with E-state index in [1.165, 1.54) is 19.8 Å². The van der Waals surface area contributed by atoms with Gasteiger partial charge in [0.05, 0.1) is 0 Å². The van der Waals surface area contributed by atoms with Crippen LogP contribution >= 0.6 is 0 Å². The van der Waals surface area contributed by atoms with E-state index in [9.17, 15) is 9.59 Å². The molecule has 5 nitrogen and oxygen atoms in total. The lowest BCUT2D eigenvalue weighted by Crippen LogP contribution is -2.31. The number of hydrogen-bond acceptors (Lipinski definition) is 5. The summed E-state index contributed by atoms with van der Waals surface area (Å²) >= 11 is 0. The number of para-hydroxylation sites is 1. The first-order valence-electron chi connectivity index (χ1n) is 8.57. The van der Waals surface area contributed by atoms with Gasteiger partial charge in [0.2, 0.25) is 0 Å². The Hall–Kier alpha value is -1.88. The smallest absolute Gasteiger partial charge is 0.349 e. The summed E-state index contributed by atoms with van der Waals surface area (Å²) in [7, 11) is 0. The number of esters is 2. The standard InChI is InChI=1S/C19H27NO4/c1-11(2)15-6-5-7-16(12(3)14-8-9-14)18(15)24-17(21)10-23-19(22)13(4)20/h5-7,11-14H,8-10,20H2,1-4H3/t12-,13+/m1/s1. The van der Waals surface area contributed by atoms with Crippen LogP contribution in [0.3, 0.4) is 0 Å². The molecule has 24 heavy (non-hydrogen) atoms. The molecule has 0 aliphatic heterocycles. The summed E-state index contributed by atoms with van der Waals surface area (Å²) in [5.41, 5.74) is 7.46. The molecule has 0 aromatic heterocycles. The molecule has 1 aromatic rings. The maximum Gasteiger partial charge on any atom is 0.349 e. The number of rotatable bonds is 7. The normalized spacial score (nSPS) is 16.6. The third-order valence-corrected chi connectivity index (χ3v) is 4.44. The van der Waals surface area contributed by atoms with Crippen LogP contribution in [0.25, 0.3) is 0 Å². The highest BCUT2D eigenvalue weighted by Gasteiger charge is 2.32. The molecule has 1 aliphatic rings. The molecule has 2 N–H and O–H groups in total. The van der Waals surface area contributed by atoms with Gasteiger partial charge < -0.3 is 15.2 Å². The number of carbonyl (C=O) groups excluding carboxylic acids is 2. The molecule has 0 bridgehead atoms. The van der Waals surface area contributed by atoms with E-state index in [0.29, 0.717) is 17.6 Å². The lowest BCUT2D eigenvalue weighted by atomic mass is 9.90. The van der Waals surface area contributed by atoms with Gasteiger partial charge >= 0.3 is 11.9 Å². The second-order valence-corrected chi connectivity index (χ2v) is 6.92. The van der Waals surface area contributed by atoms with Gasteiger partial charge in [-0.05, 0) is 48.6 Å². The minimum Gasteiger partial charge on any atom is -0.453 e. The van der Waals surface area contributed by atoms with Crippen molar-refractivity contribution >= 4 is 11.9 Å². The van der Waals surface area contributed by atoms with Crippen LogP contribution in [0.1, 0.15) is 63.5 Å². The first kappa shape index (κ1) is 18.5. The molecule has 1 fully saturated rings. The molecule has 0 amide bonds. The number of hydrogen-bond donors (Lipinski definition) is 1. The average Bonchev–Trinajstić information content (AvgIpc) is 3.36. The quantitative estimate of drug-likeness (QED) is 0.612. The predicted octanol–water partition coefficient (Wildman–Crippen LogP) is 3.12. The summed E-state index contributed by atoms with van der Waals surface area (Å²) in [6.07, 6.45) is 2.43. The Bertz CT molecular complexity index is 605. The van der Waals surface area contributed by atoms with Crippen molar-refractivity contribution in [1.29, 1.82) is 0 Å². The largest absolute Gasteiger partial charge is 0.453 e. The second kappa shape index (κ2) is 7.79. The molecule has 1 aromatic carbocycles. The molecular formula is C19H27NO4. The highest BCUT2D eigenvalue weighted by molar-refractivity contribution is 5.80. The summed E-state index contributed by atoms with van der Waals surface area (Å²) in [4.78, 5) is 23.5. The van der Waals surface area contributed by atoms with Crippen LogP contribution in [0.2, 0.25) is 0 Å². The predicted molar refractivity (Wildman–Crippen MR) is 91.9 cm³/mol. The van der Waals surface area contributed by atoms with Gasteiger partial charge in [-0.1, -0.05) is 39.0 Å². The number of ether oxygens (including phenoxy) is 2. The fourth-order valence-corrected chi connectivity index (χ4v) is 2.76. The minimum atomic E-state index is -0.758. The average molecular weight is 333 g/mol. The molecule has 0 unspecified atom stereocenters. The van der Waals surface area contributed by atoms with Crippen molar-refractivity contribution in [3.8, 4) is 5.75 Å². The summed E-state index contributed by atoms with van der Waals surface area (Å²) in [6, 6.07) is 5.25. The maximum absolute atomic E-state index is 12.1. The van der Waals surface area contributed by atoms with E-state index in [0.717, 1.165) is 11.1 Å². The van der Waals surface area contributed by atoms with Gasteiger partial charge in [-0.25, -0.2) is 4.79 Å². The third-order valence-electron chi connectivity index (χ3n) is 4.44. The van der Waals surface area contributed by atoms with Gasteiger partial charge in [-0.2, -0.15) is 0 Å². The van der Waals surface area contributed by atoms with Crippen LogP contribution < -0.4 is 10.5 Å². The molecule has 0 radical (unpaired) electrons. The van der Waals surface area contributed by atoms with Crippen LogP contribution in [0.5, 0.6) is 5.75 Å². The minimum absolute atomic E-state index is 0.228. The molecule has 0 heterocycles. The molecule has 0 saturated heterocycles. The molecule has 2 atom stereocenters. The molecule has 0 spiro atoms. The highest BCUT2D eigenvalue weighted by Crippen LogP contribution is 2.46. The van der Waals surface area contributed by atoms with Gasteiger partial charge in [0.25, 0.3) is 0 Å². The summed E-state index contributed by atoms with van der Waals surface area (Å²) in [5.74, 6) is 0.649.